The first-order valence-corrected chi connectivity index (χ1v) is 11.1. The van der Waals surface area contributed by atoms with Crippen molar-refractivity contribution >= 4 is 16.9 Å². The molecule has 6 nitrogen and oxygen atoms in total. The van der Waals surface area contributed by atoms with Crippen molar-refractivity contribution in [2.45, 2.75) is 32.9 Å². The number of amides is 1. The molecule has 6 heteroatoms. The first kappa shape index (κ1) is 22.4. The SMILES string of the molecule is Cc1cc2nc(C(N)=O)c(=N)n(CCNC(Cc3ccccc3)c3ccccc3)c2cc1C. The summed E-state index contributed by atoms with van der Waals surface area (Å²) in [7, 11) is 0. The molecule has 1 aromatic heterocycles. The molecule has 33 heavy (non-hydrogen) atoms. The summed E-state index contributed by atoms with van der Waals surface area (Å²) < 4.78 is 1.83. The van der Waals surface area contributed by atoms with E-state index in [1.54, 1.807) is 0 Å². The molecular weight excluding hydrogens is 410 g/mol. The van der Waals surface area contributed by atoms with E-state index in [0.29, 0.717) is 18.6 Å². The van der Waals surface area contributed by atoms with Gasteiger partial charge in [-0.3, -0.25) is 10.2 Å². The highest BCUT2D eigenvalue weighted by atomic mass is 16.1. The molecule has 1 unspecified atom stereocenters. The fraction of sp³-hybridized carbons (Fsp3) is 0.222. The molecule has 3 aromatic carbocycles. The molecule has 1 atom stereocenters. The number of fused-ring (bicyclic) bond motifs is 1. The van der Waals surface area contributed by atoms with Gasteiger partial charge in [0.1, 0.15) is 0 Å². The molecule has 0 bridgehead atoms. The normalized spacial score (nSPS) is 12.1. The Kier molecular flexibility index (Phi) is 6.66. The zero-order chi connectivity index (χ0) is 23.4. The number of carbonyl (C=O) groups excluding carboxylic acids is 1. The molecule has 0 aliphatic rings. The molecule has 0 saturated carbocycles. The number of primary amides is 1. The van der Waals surface area contributed by atoms with E-state index in [2.05, 4.69) is 46.7 Å². The summed E-state index contributed by atoms with van der Waals surface area (Å²) in [5.74, 6) is -0.687. The molecule has 0 aliphatic carbocycles. The van der Waals surface area contributed by atoms with Crippen molar-refractivity contribution < 1.29 is 4.79 Å². The number of carbonyl (C=O) groups is 1. The number of rotatable bonds is 8. The van der Waals surface area contributed by atoms with Crippen molar-refractivity contribution in [2.24, 2.45) is 5.73 Å². The zero-order valence-electron chi connectivity index (χ0n) is 19.0. The van der Waals surface area contributed by atoms with Crippen molar-refractivity contribution in [3.05, 3.63) is 106 Å². The molecule has 4 N–H and O–H groups in total. The number of nitrogens with two attached hydrogens (primary N) is 1. The average Bonchev–Trinajstić information content (AvgIpc) is 2.82. The molecule has 0 aliphatic heterocycles. The van der Waals surface area contributed by atoms with Crippen molar-refractivity contribution in [3.8, 4) is 0 Å². The fourth-order valence-electron chi connectivity index (χ4n) is 4.11. The Bertz CT molecular complexity index is 1330. The van der Waals surface area contributed by atoms with Gasteiger partial charge in [0.15, 0.2) is 11.2 Å². The summed E-state index contributed by atoms with van der Waals surface area (Å²) in [4.78, 5) is 16.3. The quantitative estimate of drug-likeness (QED) is 0.389. The molecule has 0 radical (unpaired) electrons. The van der Waals surface area contributed by atoms with E-state index < -0.39 is 5.91 Å². The van der Waals surface area contributed by atoms with Crippen LogP contribution in [0.4, 0.5) is 0 Å². The molecule has 168 valence electrons. The lowest BCUT2D eigenvalue weighted by molar-refractivity contribution is 0.0993. The second-order valence-corrected chi connectivity index (χ2v) is 8.36. The summed E-state index contributed by atoms with van der Waals surface area (Å²) in [6, 6.07) is 24.9. The summed E-state index contributed by atoms with van der Waals surface area (Å²) in [5.41, 5.74) is 11.7. The third-order valence-electron chi connectivity index (χ3n) is 6.05. The number of nitrogens with zero attached hydrogens (tertiary/aromatic N) is 2. The number of hydrogen-bond donors (Lipinski definition) is 3. The summed E-state index contributed by atoms with van der Waals surface area (Å²) in [5, 5.41) is 12.2. The predicted octanol–water partition coefficient (Wildman–Crippen LogP) is 3.81. The van der Waals surface area contributed by atoms with E-state index in [1.807, 2.05) is 54.8 Å². The van der Waals surface area contributed by atoms with E-state index in [4.69, 9.17) is 11.1 Å². The summed E-state index contributed by atoms with van der Waals surface area (Å²) >= 11 is 0. The van der Waals surface area contributed by atoms with Gasteiger partial charge in [-0.05, 0) is 54.7 Å². The zero-order valence-corrected chi connectivity index (χ0v) is 19.0. The van der Waals surface area contributed by atoms with Gasteiger partial charge in [0, 0.05) is 19.1 Å². The Morgan fingerprint density at radius 1 is 1.03 bits per heavy atom. The highest BCUT2D eigenvalue weighted by molar-refractivity contribution is 5.92. The van der Waals surface area contributed by atoms with E-state index in [1.165, 1.54) is 11.1 Å². The van der Waals surface area contributed by atoms with Crippen LogP contribution in [0, 0.1) is 19.3 Å². The highest BCUT2D eigenvalue weighted by Crippen LogP contribution is 2.19. The highest BCUT2D eigenvalue weighted by Gasteiger charge is 2.15. The van der Waals surface area contributed by atoms with Gasteiger partial charge in [-0.25, -0.2) is 4.98 Å². The Hall–Kier alpha value is -3.77. The molecule has 0 saturated heterocycles. The maximum atomic E-state index is 12.0. The van der Waals surface area contributed by atoms with Crippen molar-refractivity contribution in [1.29, 1.82) is 5.41 Å². The number of benzene rings is 3. The van der Waals surface area contributed by atoms with Crippen LogP contribution < -0.4 is 16.5 Å². The van der Waals surface area contributed by atoms with Crippen LogP contribution in [0.15, 0.2) is 72.8 Å². The summed E-state index contributed by atoms with van der Waals surface area (Å²) in [6.07, 6.45) is 0.852. The summed E-state index contributed by atoms with van der Waals surface area (Å²) in [6.45, 7) is 5.18. The molecule has 4 aromatic rings. The standard InChI is InChI=1S/C27H29N5O/c1-18-15-23-24(16-19(18)2)32(26(28)25(31-23)27(29)33)14-13-30-22(21-11-7-4-8-12-21)17-20-9-5-3-6-10-20/h3-12,15-16,22,28,30H,13-14,17H2,1-2H3,(H2,29,33). The Labute approximate surface area is 193 Å². The van der Waals surface area contributed by atoms with Crippen LogP contribution in [-0.4, -0.2) is 22.0 Å². The van der Waals surface area contributed by atoms with E-state index in [-0.39, 0.29) is 17.2 Å². The first-order chi connectivity index (χ1) is 15.9. The van der Waals surface area contributed by atoms with Crippen LogP contribution in [0.1, 0.15) is 38.8 Å². The lowest BCUT2D eigenvalue weighted by atomic mass is 9.99. The van der Waals surface area contributed by atoms with Crippen LogP contribution in [0.25, 0.3) is 11.0 Å². The maximum absolute atomic E-state index is 12.0. The van der Waals surface area contributed by atoms with Crippen LogP contribution in [0.2, 0.25) is 0 Å². The predicted molar refractivity (Wildman–Crippen MR) is 131 cm³/mol. The van der Waals surface area contributed by atoms with Crippen LogP contribution in [-0.2, 0) is 13.0 Å². The van der Waals surface area contributed by atoms with Gasteiger partial charge < -0.3 is 15.6 Å². The minimum atomic E-state index is -0.687. The van der Waals surface area contributed by atoms with E-state index >= 15 is 0 Å². The Morgan fingerprint density at radius 3 is 2.33 bits per heavy atom. The Balaban J connectivity index is 1.63. The topological polar surface area (TPSA) is 96.8 Å². The minimum Gasteiger partial charge on any atom is -0.364 e. The van der Waals surface area contributed by atoms with Gasteiger partial charge in [0.25, 0.3) is 5.91 Å². The van der Waals surface area contributed by atoms with Crippen LogP contribution >= 0.6 is 0 Å². The number of aryl methyl sites for hydroxylation is 2. The molecular formula is C27H29N5O. The monoisotopic (exact) mass is 439 g/mol. The lowest BCUT2D eigenvalue weighted by Gasteiger charge is -2.21. The smallest absolute Gasteiger partial charge is 0.271 e. The van der Waals surface area contributed by atoms with E-state index in [0.717, 1.165) is 23.1 Å². The van der Waals surface area contributed by atoms with Crippen LogP contribution in [0.5, 0.6) is 0 Å². The molecule has 4 rings (SSSR count). The molecule has 1 heterocycles. The number of nitrogens with one attached hydrogen (secondary N) is 2. The van der Waals surface area contributed by atoms with Gasteiger partial charge >= 0.3 is 0 Å². The number of aromatic nitrogens is 2. The molecule has 0 fully saturated rings. The lowest BCUT2D eigenvalue weighted by Crippen LogP contribution is -2.35. The van der Waals surface area contributed by atoms with Crippen molar-refractivity contribution in [1.82, 2.24) is 14.9 Å². The van der Waals surface area contributed by atoms with Gasteiger partial charge in [0.2, 0.25) is 0 Å². The third-order valence-corrected chi connectivity index (χ3v) is 6.05. The molecule has 0 spiro atoms. The third kappa shape index (κ3) is 5.02. The van der Waals surface area contributed by atoms with E-state index in [9.17, 15) is 4.79 Å². The van der Waals surface area contributed by atoms with Gasteiger partial charge in [-0.15, -0.1) is 0 Å². The largest absolute Gasteiger partial charge is 0.364 e. The van der Waals surface area contributed by atoms with Gasteiger partial charge in [0.05, 0.1) is 11.0 Å². The van der Waals surface area contributed by atoms with Crippen LogP contribution in [0.3, 0.4) is 0 Å². The van der Waals surface area contributed by atoms with Gasteiger partial charge in [-0.1, -0.05) is 60.7 Å². The maximum Gasteiger partial charge on any atom is 0.271 e. The Morgan fingerprint density at radius 2 is 1.67 bits per heavy atom. The number of hydrogen-bond acceptors (Lipinski definition) is 4. The minimum absolute atomic E-state index is 0.00496. The second-order valence-electron chi connectivity index (χ2n) is 8.36. The van der Waals surface area contributed by atoms with Gasteiger partial charge in [-0.2, -0.15) is 0 Å². The fourth-order valence-corrected chi connectivity index (χ4v) is 4.11. The second kappa shape index (κ2) is 9.79. The van der Waals surface area contributed by atoms with Crippen molar-refractivity contribution in [2.75, 3.05) is 6.54 Å². The first-order valence-electron chi connectivity index (χ1n) is 11.1. The molecule has 1 amide bonds. The van der Waals surface area contributed by atoms with Crippen molar-refractivity contribution in [3.63, 3.8) is 0 Å². The average molecular weight is 440 g/mol.